The average molecular weight is 635 g/mol. The highest BCUT2D eigenvalue weighted by Crippen LogP contribution is 2.58. The summed E-state index contributed by atoms with van der Waals surface area (Å²) in [5, 5.41) is 19.2. The Hall–Kier alpha value is -3.93. The van der Waals surface area contributed by atoms with Gasteiger partial charge in [-0.25, -0.2) is 4.57 Å². The number of carbonyl (C=O) groups excluding carboxylic acids is 2. The second-order valence-electron chi connectivity index (χ2n) is 12.9. The standard InChI is InChI=1S/C32H35N4O8P/c1-31(2)29(27(35-13-5-7-25(35)37)21-15-19(17-33)9-11-23(21)41-31)43-45(39,40)44-30-28(36-14-6-8-26(36)38)22-16-20(18-34)10-12-24(22)42-32(30,3)4/h9-12,15-16,27-30H,5-8,13-14H2,1-4H3,(H,39,40)/t27-,28-,29+,30+/m1/s1. The van der Waals surface area contributed by atoms with Crippen molar-refractivity contribution in [3.8, 4) is 23.6 Å². The summed E-state index contributed by atoms with van der Waals surface area (Å²) in [7, 11) is -5.01. The van der Waals surface area contributed by atoms with Gasteiger partial charge in [0, 0.05) is 37.1 Å². The molecular formula is C32H35N4O8P. The van der Waals surface area contributed by atoms with E-state index in [-0.39, 0.29) is 11.8 Å². The Morgan fingerprint density at radius 1 is 0.800 bits per heavy atom. The van der Waals surface area contributed by atoms with E-state index in [1.807, 2.05) is 0 Å². The molecule has 236 valence electrons. The van der Waals surface area contributed by atoms with Crippen LogP contribution in [0.5, 0.6) is 11.5 Å². The van der Waals surface area contributed by atoms with E-state index in [4.69, 9.17) is 18.5 Å². The lowest BCUT2D eigenvalue weighted by atomic mass is 9.85. The average Bonchev–Trinajstić information content (AvgIpc) is 3.60. The quantitative estimate of drug-likeness (QED) is 0.442. The number of fused-ring (bicyclic) bond motifs is 2. The van der Waals surface area contributed by atoms with Crippen LogP contribution >= 0.6 is 7.82 Å². The van der Waals surface area contributed by atoms with Crippen molar-refractivity contribution < 1.29 is 37.6 Å². The van der Waals surface area contributed by atoms with Crippen molar-refractivity contribution in [2.75, 3.05) is 13.1 Å². The zero-order valence-electron chi connectivity index (χ0n) is 25.6. The van der Waals surface area contributed by atoms with Crippen LogP contribution in [0.3, 0.4) is 0 Å². The summed E-state index contributed by atoms with van der Waals surface area (Å²) in [6.07, 6.45) is -0.536. The summed E-state index contributed by atoms with van der Waals surface area (Å²) in [5.41, 5.74) is -0.765. The van der Waals surface area contributed by atoms with Crippen LogP contribution in [-0.2, 0) is 23.2 Å². The van der Waals surface area contributed by atoms with Gasteiger partial charge in [-0.15, -0.1) is 0 Å². The number of benzene rings is 2. The molecule has 4 aliphatic heterocycles. The molecule has 0 bridgehead atoms. The lowest BCUT2D eigenvalue weighted by Crippen LogP contribution is -2.56. The Bertz CT molecular complexity index is 1580. The summed E-state index contributed by atoms with van der Waals surface area (Å²) >= 11 is 0. The second kappa shape index (κ2) is 11.1. The molecule has 12 nitrogen and oxygen atoms in total. The van der Waals surface area contributed by atoms with Crippen molar-refractivity contribution in [3.63, 3.8) is 0 Å². The molecule has 0 spiro atoms. The molecule has 4 heterocycles. The number of nitriles is 2. The van der Waals surface area contributed by atoms with Crippen molar-refractivity contribution >= 4 is 19.6 Å². The van der Waals surface area contributed by atoms with E-state index in [0.717, 1.165) is 0 Å². The number of likely N-dealkylation sites (tertiary alicyclic amines) is 2. The van der Waals surface area contributed by atoms with Crippen LogP contribution in [0.2, 0.25) is 0 Å². The van der Waals surface area contributed by atoms with Crippen molar-refractivity contribution in [3.05, 3.63) is 58.7 Å². The molecule has 0 unspecified atom stereocenters. The third-order valence-electron chi connectivity index (χ3n) is 8.99. The maximum Gasteiger partial charge on any atom is 0.473 e. The van der Waals surface area contributed by atoms with Crippen molar-refractivity contribution in [2.45, 2.75) is 88.9 Å². The largest absolute Gasteiger partial charge is 0.485 e. The highest BCUT2D eigenvalue weighted by molar-refractivity contribution is 7.47. The van der Waals surface area contributed by atoms with E-state index in [1.54, 1.807) is 73.9 Å². The summed E-state index contributed by atoms with van der Waals surface area (Å²) in [6.45, 7) is 7.59. The number of nitrogens with zero attached hydrogens (tertiary/aromatic N) is 4. The van der Waals surface area contributed by atoms with Gasteiger partial charge in [-0.2, -0.15) is 10.5 Å². The van der Waals surface area contributed by atoms with Gasteiger partial charge in [0.2, 0.25) is 11.8 Å². The fraction of sp³-hybridized carbons (Fsp3) is 0.500. The molecule has 2 amide bonds. The van der Waals surface area contributed by atoms with E-state index in [2.05, 4.69) is 12.1 Å². The molecule has 4 atom stereocenters. The molecule has 0 aliphatic carbocycles. The van der Waals surface area contributed by atoms with Crippen molar-refractivity contribution in [2.24, 2.45) is 0 Å². The summed E-state index contributed by atoms with van der Waals surface area (Å²) in [6, 6.07) is 12.3. The molecule has 2 fully saturated rings. The number of hydrogen-bond donors (Lipinski definition) is 1. The van der Waals surface area contributed by atoms with Gasteiger partial charge >= 0.3 is 7.82 Å². The van der Waals surface area contributed by atoms with E-state index < -0.39 is 43.3 Å². The summed E-state index contributed by atoms with van der Waals surface area (Å²) in [5.74, 6) is 0.591. The van der Waals surface area contributed by atoms with E-state index in [9.17, 15) is 29.6 Å². The van der Waals surface area contributed by atoms with Crippen LogP contribution in [0.1, 0.15) is 87.7 Å². The third-order valence-corrected chi connectivity index (χ3v) is 9.98. The Balaban J connectivity index is 1.40. The van der Waals surface area contributed by atoms with Crippen molar-refractivity contribution in [1.82, 2.24) is 9.80 Å². The highest BCUT2D eigenvalue weighted by atomic mass is 31.2. The minimum atomic E-state index is -5.01. The fourth-order valence-electron chi connectivity index (χ4n) is 6.92. The highest BCUT2D eigenvalue weighted by Gasteiger charge is 2.56. The van der Waals surface area contributed by atoms with Crippen LogP contribution in [0.4, 0.5) is 0 Å². The number of phosphoric ester groups is 1. The van der Waals surface area contributed by atoms with E-state index in [1.165, 1.54) is 0 Å². The normalized spacial score (nSPS) is 26.7. The molecule has 4 aliphatic rings. The number of rotatable bonds is 6. The minimum Gasteiger partial charge on any atom is -0.485 e. The molecule has 6 rings (SSSR count). The monoisotopic (exact) mass is 634 g/mol. The molecular weight excluding hydrogens is 599 g/mol. The Morgan fingerprint density at radius 2 is 1.20 bits per heavy atom. The third kappa shape index (κ3) is 5.57. The SMILES string of the molecule is CC1(C)Oc2ccc(C#N)cc2[C@@H](N2CCCC2=O)[C@@H]1OP(=O)(O)O[C@H]1[C@H](N2CCCC2=O)c2cc(C#N)ccc2OC1(C)C. The first-order chi connectivity index (χ1) is 21.2. The van der Waals surface area contributed by atoms with Gasteiger partial charge in [-0.1, -0.05) is 0 Å². The molecule has 45 heavy (non-hydrogen) atoms. The van der Waals surface area contributed by atoms with Gasteiger partial charge in [0.05, 0.1) is 35.3 Å². The lowest BCUT2D eigenvalue weighted by Gasteiger charge is -2.49. The van der Waals surface area contributed by atoms with Gasteiger partial charge in [0.15, 0.2) is 0 Å². The number of amides is 2. The Morgan fingerprint density at radius 3 is 1.53 bits per heavy atom. The second-order valence-corrected chi connectivity index (χ2v) is 14.3. The molecule has 2 aromatic rings. The Labute approximate surface area is 261 Å². The number of carbonyl (C=O) groups is 2. The number of hydrogen-bond acceptors (Lipinski definition) is 9. The number of ether oxygens (including phenoxy) is 2. The maximum atomic E-state index is 14.2. The molecule has 1 N–H and O–H groups in total. The van der Waals surface area contributed by atoms with Crippen LogP contribution in [0.15, 0.2) is 36.4 Å². The zero-order chi connectivity index (χ0) is 32.3. The van der Waals surface area contributed by atoms with Crippen LogP contribution in [0, 0.1) is 22.7 Å². The molecule has 2 saturated heterocycles. The predicted molar refractivity (Wildman–Crippen MR) is 159 cm³/mol. The van der Waals surface area contributed by atoms with E-state index >= 15 is 0 Å². The smallest absolute Gasteiger partial charge is 0.473 e. The maximum absolute atomic E-state index is 14.2. The fourth-order valence-corrected chi connectivity index (χ4v) is 8.29. The van der Waals surface area contributed by atoms with E-state index in [0.29, 0.717) is 72.5 Å². The van der Waals surface area contributed by atoms with Crippen LogP contribution < -0.4 is 9.47 Å². The van der Waals surface area contributed by atoms with Crippen LogP contribution in [-0.4, -0.2) is 63.0 Å². The van der Waals surface area contributed by atoms with Crippen LogP contribution in [0.25, 0.3) is 0 Å². The minimum absolute atomic E-state index is 0.146. The summed E-state index contributed by atoms with van der Waals surface area (Å²) in [4.78, 5) is 40.9. The predicted octanol–water partition coefficient (Wildman–Crippen LogP) is 4.67. The first-order valence-corrected chi connectivity index (χ1v) is 16.5. The topological polar surface area (TPSA) is 162 Å². The van der Waals surface area contributed by atoms with Gasteiger partial charge in [-0.3, -0.25) is 18.6 Å². The zero-order valence-corrected chi connectivity index (χ0v) is 26.5. The first-order valence-electron chi connectivity index (χ1n) is 15.0. The van der Waals surface area contributed by atoms with Gasteiger partial charge in [-0.05, 0) is 76.9 Å². The molecule has 13 heteroatoms. The lowest BCUT2D eigenvalue weighted by molar-refractivity contribution is -0.144. The molecule has 0 saturated carbocycles. The summed E-state index contributed by atoms with van der Waals surface area (Å²) < 4.78 is 38.8. The first kappa shape index (κ1) is 31.1. The number of phosphoric acid groups is 1. The van der Waals surface area contributed by atoms with Crippen molar-refractivity contribution in [1.29, 1.82) is 10.5 Å². The molecule has 0 radical (unpaired) electrons. The van der Waals surface area contributed by atoms with Gasteiger partial charge in [0.1, 0.15) is 34.9 Å². The molecule has 2 aromatic carbocycles. The Kier molecular flexibility index (Phi) is 7.70. The molecule has 0 aromatic heterocycles. The van der Waals surface area contributed by atoms with Gasteiger partial charge in [0.25, 0.3) is 0 Å². The van der Waals surface area contributed by atoms with Gasteiger partial charge < -0.3 is 24.2 Å².